The Balaban J connectivity index is 1.99. The lowest BCUT2D eigenvalue weighted by Gasteiger charge is -2.18. The fourth-order valence-electron chi connectivity index (χ4n) is 2.01. The number of thioether (sulfide) groups is 1. The summed E-state index contributed by atoms with van der Waals surface area (Å²) in [5, 5.41) is 0.466. The third kappa shape index (κ3) is 2.74. The van der Waals surface area contributed by atoms with Crippen LogP contribution in [0.3, 0.4) is 0 Å². The molecule has 1 nitrogen and oxygen atoms in total. The molecule has 88 valence electrons. The van der Waals surface area contributed by atoms with Gasteiger partial charge in [-0.15, -0.1) is 0 Å². The zero-order chi connectivity index (χ0) is 11.5. The Morgan fingerprint density at radius 3 is 2.81 bits per heavy atom. The van der Waals surface area contributed by atoms with Gasteiger partial charge in [0.1, 0.15) is 0 Å². The smallest absolute Gasteiger partial charge is 0.159 e. The van der Waals surface area contributed by atoms with Crippen LogP contribution in [0, 0.1) is 11.6 Å². The highest BCUT2D eigenvalue weighted by molar-refractivity contribution is 8.00. The highest BCUT2D eigenvalue weighted by Gasteiger charge is 2.22. The first-order valence-electron chi connectivity index (χ1n) is 5.48. The van der Waals surface area contributed by atoms with Gasteiger partial charge in [0, 0.05) is 11.3 Å². The van der Waals surface area contributed by atoms with Gasteiger partial charge in [-0.1, -0.05) is 6.07 Å². The molecule has 1 aliphatic rings. The van der Waals surface area contributed by atoms with Crippen molar-refractivity contribution in [2.75, 3.05) is 5.75 Å². The molecule has 2 unspecified atom stereocenters. The molecule has 1 heterocycles. The molecule has 4 heteroatoms. The van der Waals surface area contributed by atoms with Crippen LogP contribution in [-0.4, -0.2) is 17.0 Å². The molecule has 1 aromatic carbocycles. The van der Waals surface area contributed by atoms with Crippen LogP contribution in [-0.2, 0) is 6.42 Å². The zero-order valence-electron chi connectivity index (χ0n) is 8.96. The second-order valence-electron chi connectivity index (χ2n) is 4.17. The van der Waals surface area contributed by atoms with Crippen molar-refractivity contribution in [1.29, 1.82) is 0 Å². The van der Waals surface area contributed by atoms with Gasteiger partial charge in [0.15, 0.2) is 11.6 Å². The summed E-state index contributed by atoms with van der Waals surface area (Å²) >= 11 is 1.88. The van der Waals surface area contributed by atoms with Crippen LogP contribution < -0.4 is 5.73 Å². The molecule has 0 aliphatic carbocycles. The summed E-state index contributed by atoms with van der Waals surface area (Å²) in [5.41, 5.74) is 6.84. The average Bonchev–Trinajstić information content (AvgIpc) is 2.77. The first-order chi connectivity index (χ1) is 7.66. The summed E-state index contributed by atoms with van der Waals surface area (Å²) in [6.07, 6.45) is 2.96. The maximum absolute atomic E-state index is 13.0. The molecule has 1 fully saturated rings. The molecule has 2 rings (SSSR count). The number of halogens is 2. The highest BCUT2D eigenvalue weighted by atomic mass is 32.2. The van der Waals surface area contributed by atoms with Crippen molar-refractivity contribution in [2.24, 2.45) is 5.73 Å². The van der Waals surface area contributed by atoms with Crippen molar-refractivity contribution < 1.29 is 8.78 Å². The van der Waals surface area contributed by atoms with Crippen LogP contribution in [0.5, 0.6) is 0 Å². The fourth-order valence-corrected chi connectivity index (χ4v) is 3.32. The molecule has 1 saturated heterocycles. The first-order valence-corrected chi connectivity index (χ1v) is 6.53. The quantitative estimate of drug-likeness (QED) is 0.883. The third-order valence-corrected chi connectivity index (χ3v) is 4.44. The Morgan fingerprint density at radius 2 is 2.19 bits per heavy atom. The lowest BCUT2D eigenvalue weighted by Crippen LogP contribution is -2.33. The minimum absolute atomic E-state index is 0.0392. The monoisotopic (exact) mass is 243 g/mol. The van der Waals surface area contributed by atoms with E-state index in [0.717, 1.165) is 17.7 Å². The van der Waals surface area contributed by atoms with E-state index < -0.39 is 11.6 Å². The molecule has 16 heavy (non-hydrogen) atoms. The van der Waals surface area contributed by atoms with Gasteiger partial charge >= 0.3 is 0 Å². The SMILES string of the molecule is NC(Cc1ccc(F)c(F)c1)C1CCCS1. The largest absolute Gasteiger partial charge is 0.326 e. The van der Waals surface area contributed by atoms with Crippen molar-refractivity contribution in [3.63, 3.8) is 0 Å². The molecule has 0 amide bonds. The molecule has 0 radical (unpaired) electrons. The van der Waals surface area contributed by atoms with Crippen LogP contribution >= 0.6 is 11.8 Å². The summed E-state index contributed by atoms with van der Waals surface area (Å²) < 4.78 is 25.7. The van der Waals surface area contributed by atoms with E-state index in [1.807, 2.05) is 11.8 Å². The summed E-state index contributed by atoms with van der Waals surface area (Å²) in [5.74, 6) is -0.424. The predicted molar refractivity (Wildman–Crippen MR) is 63.5 cm³/mol. The van der Waals surface area contributed by atoms with Crippen molar-refractivity contribution in [1.82, 2.24) is 0 Å². The van der Waals surface area contributed by atoms with Gasteiger partial charge in [-0.05, 0) is 42.7 Å². The standard InChI is InChI=1S/C12H15F2NS/c13-9-4-3-8(6-10(9)14)7-11(15)12-2-1-5-16-12/h3-4,6,11-12H,1-2,5,7,15H2. The van der Waals surface area contributed by atoms with Gasteiger partial charge in [0.05, 0.1) is 0 Å². The van der Waals surface area contributed by atoms with Crippen molar-refractivity contribution >= 4 is 11.8 Å². The molecule has 0 saturated carbocycles. The van der Waals surface area contributed by atoms with Crippen LogP contribution in [0.15, 0.2) is 18.2 Å². The summed E-state index contributed by atoms with van der Waals surface area (Å²) in [6, 6.07) is 4.06. The number of nitrogens with two attached hydrogens (primary N) is 1. The van der Waals surface area contributed by atoms with E-state index in [1.165, 1.54) is 18.6 Å². The summed E-state index contributed by atoms with van der Waals surface area (Å²) in [6.45, 7) is 0. The second-order valence-corrected chi connectivity index (χ2v) is 5.51. The minimum Gasteiger partial charge on any atom is -0.326 e. The topological polar surface area (TPSA) is 26.0 Å². The van der Waals surface area contributed by atoms with Gasteiger partial charge in [-0.2, -0.15) is 11.8 Å². The molecule has 0 aromatic heterocycles. The predicted octanol–water partition coefficient (Wildman–Crippen LogP) is 2.73. The Morgan fingerprint density at radius 1 is 1.38 bits per heavy atom. The Kier molecular flexibility index (Phi) is 3.82. The normalized spacial score (nSPS) is 22.3. The third-order valence-electron chi connectivity index (χ3n) is 2.90. The lowest BCUT2D eigenvalue weighted by atomic mass is 10.0. The van der Waals surface area contributed by atoms with Gasteiger partial charge < -0.3 is 5.73 Å². The maximum atomic E-state index is 13.0. The van der Waals surface area contributed by atoms with Gasteiger partial charge in [-0.3, -0.25) is 0 Å². The Labute approximate surface area is 98.4 Å². The molecule has 0 bridgehead atoms. The second kappa shape index (κ2) is 5.15. The molecular formula is C12H15F2NS. The van der Waals surface area contributed by atoms with E-state index in [1.54, 1.807) is 6.07 Å². The molecule has 1 aromatic rings. The van der Waals surface area contributed by atoms with Crippen molar-refractivity contribution in [3.05, 3.63) is 35.4 Å². The van der Waals surface area contributed by atoms with Gasteiger partial charge in [-0.25, -0.2) is 8.78 Å². The Hall–Kier alpha value is -0.610. The molecule has 0 spiro atoms. The fraction of sp³-hybridized carbons (Fsp3) is 0.500. The molecule has 1 aliphatic heterocycles. The van der Waals surface area contributed by atoms with E-state index in [2.05, 4.69) is 0 Å². The van der Waals surface area contributed by atoms with Crippen molar-refractivity contribution in [2.45, 2.75) is 30.6 Å². The highest BCUT2D eigenvalue weighted by Crippen LogP contribution is 2.29. The lowest BCUT2D eigenvalue weighted by molar-refractivity contribution is 0.505. The molecule has 2 atom stereocenters. The Bertz CT molecular complexity index is 364. The van der Waals surface area contributed by atoms with E-state index >= 15 is 0 Å². The van der Waals surface area contributed by atoms with Crippen LogP contribution in [0.4, 0.5) is 8.78 Å². The molecule has 2 N–H and O–H groups in total. The van der Waals surface area contributed by atoms with Crippen LogP contribution in [0.2, 0.25) is 0 Å². The molecular weight excluding hydrogens is 228 g/mol. The van der Waals surface area contributed by atoms with Gasteiger partial charge in [0.2, 0.25) is 0 Å². The van der Waals surface area contributed by atoms with Crippen molar-refractivity contribution in [3.8, 4) is 0 Å². The number of rotatable bonds is 3. The number of hydrogen-bond donors (Lipinski definition) is 1. The first kappa shape index (κ1) is 11.9. The van der Waals surface area contributed by atoms with E-state index in [0.29, 0.717) is 11.7 Å². The number of benzene rings is 1. The van der Waals surface area contributed by atoms with E-state index in [-0.39, 0.29) is 6.04 Å². The average molecular weight is 243 g/mol. The maximum Gasteiger partial charge on any atom is 0.159 e. The zero-order valence-corrected chi connectivity index (χ0v) is 9.77. The summed E-state index contributed by atoms with van der Waals surface area (Å²) in [7, 11) is 0. The van der Waals surface area contributed by atoms with Gasteiger partial charge in [0.25, 0.3) is 0 Å². The number of hydrogen-bond acceptors (Lipinski definition) is 2. The minimum atomic E-state index is -0.799. The van der Waals surface area contributed by atoms with Crippen LogP contribution in [0.25, 0.3) is 0 Å². The van der Waals surface area contributed by atoms with E-state index in [4.69, 9.17) is 5.73 Å². The summed E-state index contributed by atoms with van der Waals surface area (Å²) in [4.78, 5) is 0. The van der Waals surface area contributed by atoms with Crippen LogP contribution in [0.1, 0.15) is 18.4 Å². The van der Waals surface area contributed by atoms with E-state index in [9.17, 15) is 8.78 Å².